The van der Waals surface area contributed by atoms with Gasteiger partial charge in [0.05, 0.1) is 10.5 Å². The van der Waals surface area contributed by atoms with Gasteiger partial charge in [-0.15, -0.1) is 0 Å². The molecular weight excluding hydrogens is 467 g/mol. The Hall–Kier alpha value is -2.59. The van der Waals surface area contributed by atoms with Crippen molar-refractivity contribution in [3.63, 3.8) is 0 Å². The summed E-state index contributed by atoms with van der Waals surface area (Å²) in [6.45, 7) is 2.93. The van der Waals surface area contributed by atoms with Gasteiger partial charge in [-0.1, -0.05) is 6.07 Å². The maximum atomic E-state index is 13.3. The molecule has 34 heavy (non-hydrogen) atoms. The van der Waals surface area contributed by atoms with Crippen molar-refractivity contribution in [2.24, 2.45) is 5.92 Å². The summed E-state index contributed by atoms with van der Waals surface area (Å²) in [7, 11) is -3.76. The van der Waals surface area contributed by atoms with Crippen molar-refractivity contribution in [3.05, 3.63) is 53.6 Å². The predicted octanol–water partition coefficient (Wildman–Crippen LogP) is 3.90. The summed E-state index contributed by atoms with van der Waals surface area (Å²) in [5, 5.41) is 0. The Bertz CT molecular complexity index is 1220. The lowest BCUT2D eigenvalue weighted by molar-refractivity contribution is -0.137. The fourth-order valence-electron chi connectivity index (χ4n) is 4.85. The number of alkyl halides is 3. The topological polar surface area (TPSA) is 60.9 Å². The summed E-state index contributed by atoms with van der Waals surface area (Å²) in [5.41, 5.74) is 1.35. The highest BCUT2D eigenvalue weighted by Gasteiger charge is 2.40. The number of sulfonamides is 1. The normalized spacial score (nSPS) is 21.6. The van der Waals surface area contributed by atoms with Gasteiger partial charge in [-0.2, -0.15) is 17.5 Å². The highest BCUT2D eigenvalue weighted by atomic mass is 32.2. The number of rotatable bonds is 4. The molecule has 1 aliphatic carbocycles. The van der Waals surface area contributed by atoms with Crippen LogP contribution < -0.4 is 9.80 Å². The van der Waals surface area contributed by atoms with E-state index in [2.05, 4.69) is 0 Å². The van der Waals surface area contributed by atoms with Gasteiger partial charge < -0.3 is 9.80 Å². The molecule has 0 bridgehead atoms. The van der Waals surface area contributed by atoms with Crippen LogP contribution in [0.15, 0.2) is 47.4 Å². The average molecular weight is 494 g/mol. The summed E-state index contributed by atoms with van der Waals surface area (Å²) < 4.78 is 67.1. The molecule has 5 rings (SSSR count). The van der Waals surface area contributed by atoms with Crippen LogP contribution in [-0.2, 0) is 27.4 Å². The molecule has 0 N–H and O–H groups in total. The molecule has 1 atom stereocenters. The number of piperazine rings is 1. The van der Waals surface area contributed by atoms with Gasteiger partial charge in [0, 0.05) is 49.5 Å². The van der Waals surface area contributed by atoms with Crippen LogP contribution in [0.4, 0.5) is 24.5 Å². The van der Waals surface area contributed by atoms with Crippen LogP contribution in [0.5, 0.6) is 0 Å². The largest absolute Gasteiger partial charge is 0.416 e. The molecule has 0 radical (unpaired) electrons. The van der Waals surface area contributed by atoms with Gasteiger partial charge in [-0.3, -0.25) is 4.79 Å². The van der Waals surface area contributed by atoms with E-state index in [0.717, 1.165) is 36.2 Å². The van der Waals surface area contributed by atoms with Crippen LogP contribution in [0.3, 0.4) is 0 Å². The average Bonchev–Trinajstić information content (AvgIpc) is 3.60. The minimum atomic E-state index is -4.43. The first kappa shape index (κ1) is 23.2. The standard InChI is InChI=1S/C24H26F3N3O3S/c1-16-13-18-14-21(7-8-22(18)30(16)23(31)17-5-6-17)34(32,33)29-11-9-28(10-12-29)20-4-2-3-19(15-20)24(25,26)27/h2-4,7-8,14-17H,5-6,9-13H2,1H3. The molecule has 0 aromatic heterocycles. The first-order valence-electron chi connectivity index (χ1n) is 11.4. The smallest absolute Gasteiger partial charge is 0.369 e. The van der Waals surface area contributed by atoms with Crippen LogP contribution >= 0.6 is 0 Å². The Kier molecular flexibility index (Phi) is 5.63. The van der Waals surface area contributed by atoms with Gasteiger partial charge in [0.15, 0.2) is 0 Å². The third-order valence-electron chi connectivity index (χ3n) is 6.85. The lowest BCUT2D eigenvalue weighted by Crippen LogP contribution is -2.48. The molecule has 2 aliphatic heterocycles. The van der Waals surface area contributed by atoms with Crippen molar-refractivity contribution >= 4 is 27.3 Å². The molecule has 1 saturated heterocycles. The molecule has 1 unspecified atom stereocenters. The summed E-state index contributed by atoms with van der Waals surface area (Å²) in [4.78, 5) is 16.4. The number of fused-ring (bicyclic) bond motifs is 1. The van der Waals surface area contributed by atoms with E-state index in [-0.39, 0.29) is 35.9 Å². The number of hydrogen-bond acceptors (Lipinski definition) is 4. The molecule has 2 aromatic carbocycles. The maximum Gasteiger partial charge on any atom is 0.416 e. The fraction of sp³-hybridized carbons (Fsp3) is 0.458. The second-order valence-corrected chi connectivity index (χ2v) is 11.2. The summed E-state index contributed by atoms with van der Waals surface area (Å²) in [5.74, 6) is 0.206. The van der Waals surface area contributed by atoms with Crippen LogP contribution in [-0.4, -0.2) is 50.9 Å². The predicted molar refractivity (Wildman–Crippen MR) is 122 cm³/mol. The number of hydrogen-bond donors (Lipinski definition) is 0. The molecule has 1 saturated carbocycles. The van der Waals surface area contributed by atoms with E-state index < -0.39 is 21.8 Å². The van der Waals surface area contributed by atoms with E-state index in [9.17, 15) is 26.4 Å². The van der Waals surface area contributed by atoms with Gasteiger partial charge in [0.2, 0.25) is 15.9 Å². The third-order valence-corrected chi connectivity index (χ3v) is 8.74. The lowest BCUT2D eigenvalue weighted by Gasteiger charge is -2.35. The second kappa shape index (κ2) is 8.27. The van der Waals surface area contributed by atoms with Crippen LogP contribution in [0, 0.1) is 5.92 Å². The van der Waals surface area contributed by atoms with Crippen molar-refractivity contribution in [1.29, 1.82) is 0 Å². The molecule has 6 nitrogen and oxygen atoms in total. The number of halogens is 3. The first-order valence-corrected chi connectivity index (χ1v) is 12.9. The minimum Gasteiger partial charge on any atom is -0.369 e. The number of benzene rings is 2. The van der Waals surface area contributed by atoms with Gasteiger partial charge >= 0.3 is 6.18 Å². The number of carbonyl (C=O) groups excluding carboxylic acids is 1. The summed E-state index contributed by atoms with van der Waals surface area (Å²) in [6.07, 6.45) is -1.99. The lowest BCUT2D eigenvalue weighted by atomic mass is 10.1. The third kappa shape index (κ3) is 4.17. The van der Waals surface area contributed by atoms with Crippen molar-refractivity contribution < 1.29 is 26.4 Å². The summed E-state index contributed by atoms with van der Waals surface area (Å²) in [6, 6.07) is 10.0. The molecule has 3 aliphatic rings. The Morgan fingerprint density at radius 2 is 1.71 bits per heavy atom. The van der Waals surface area contributed by atoms with Crippen LogP contribution in [0.1, 0.15) is 30.9 Å². The fourth-order valence-corrected chi connectivity index (χ4v) is 6.32. The Labute approximate surface area is 197 Å². The van der Waals surface area contributed by atoms with Crippen LogP contribution in [0.2, 0.25) is 0 Å². The van der Waals surface area contributed by atoms with E-state index in [1.807, 2.05) is 6.92 Å². The number of nitrogens with zero attached hydrogens (tertiary/aromatic N) is 3. The zero-order chi connectivity index (χ0) is 24.3. The maximum absolute atomic E-state index is 13.3. The zero-order valence-electron chi connectivity index (χ0n) is 18.8. The van der Waals surface area contributed by atoms with E-state index in [1.165, 1.54) is 10.4 Å². The van der Waals surface area contributed by atoms with Gasteiger partial charge in [0.1, 0.15) is 0 Å². The molecule has 2 aromatic rings. The van der Waals surface area contributed by atoms with Gasteiger partial charge in [0.25, 0.3) is 0 Å². The van der Waals surface area contributed by atoms with E-state index >= 15 is 0 Å². The SMILES string of the molecule is CC1Cc2cc(S(=O)(=O)N3CCN(c4cccc(C(F)(F)F)c4)CC3)ccc2N1C(=O)C1CC1. The van der Waals surface area contributed by atoms with E-state index in [0.29, 0.717) is 25.2 Å². The van der Waals surface area contributed by atoms with E-state index in [1.54, 1.807) is 34.1 Å². The molecule has 2 heterocycles. The minimum absolute atomic E-state index is 0.00272. The van der Waals surface area contributed by atoms with Crippen molar-refractivity contribution in [2.75, 3.05) is 36.0 Å². The van der Waals surface area contributed by atoms with E-state index in [4.69, 9.17) is 0 Å². The summed E-state index contributed by atoms with van der Waals surface area (Å²) >= 11 is 0. The quantitative estimate of drug-likeness (QED) is 0.648. The molecular formula is C24H26F3N3O3S. The van der Waals surface area contributed by atoms with Crippen LogP contribution in [0.25, 0.3) is 0 Å². The zero-order valence-corrected chi connectivity index (χ0v) is 19.6. The second-order valence-electron chi connectivity index (χ2n) is 9.27. The Balaban J connectivity index is 1.30. The molecule has 1 amide bonds. The Morgan fingerprint density at radius 1 is 1.00 bits per heavy atom. The van der Waals surface area contributed by atoms with Gasteiger partial charge in [-0.05, 0) is 68.1 Å². The molecule has 182 valence electrons. The van der Waals surface area contributed by atoms with Crippen molar-refractivity contribution in [1.82, 2.24) is 4.31 Å². The number of carbonyl (C=O) groups is 1. The number of anilines is 2. The molecule has 10 heteroatoms. The highest BCUT2D eigenvalue weighted by Crippen LogP contribution is 2.40. The highest BCUT2D eigenvalue weighted by molar-refractivity contribution is 7.89. The van der Waals surface area contributed by atoms with Gasteiger partial charge in [-0.25, -0.2) is 8.42 Å². The monoisotopic (exact) mass is 493 g/mol. The first-order chi connectivity index (χ1) is 16.1. The molecule has 0 spiro atoms. The van der Waals surface area contributed by atoms with Crippen molar-refractivity contribution in [2.45, 2.75) is 43.3 Å². The Morgan fingerprint density at radius 3 is 2.35 bits per heavy atom. The molecule has 2 fully saturated rings. The van der Waals surface area contributed by atoms with Crippen molar-refractivity contribution in [3.8, 4) is 0 Å². The number of amides is 1.